The highest BCUT2D eigenvalue weighted by Crippen LogP contribution is 2.22. The first-order valence-electron chi connectivity index (χ1n) is 10.7. The summed E-state index contributed by atoms with van der Waals surface area (Å²) in [6.45, 7) is 6.14. The zero-order chi connectivity index (χ0) is 23.9. The highest BCUT2D eigenvalue weighted by atomic mass is 32.2. The standard InChI is InChI=1S/C26H29N3O3S/c1-26(2,3)23-16-14-21(15-17-23)18-27-28-25(30)20-29(19-22-10-6-4-7-11-22)33(31,32)24-12-8-5-9-13-24/h4-18H,19-20H2,1-3H3,(H,28,30)/b27-18+. The number of hydrogen-bond donors (Lipinski definition) is 1. The quantitative estimate of drug-likeness (QED) is 0.399. The Morgan fingerprint density at radius 1 is 0.909 bits per heavy atom. The Hall–Kier alpha value is -3.29. The molecule has 172 valence electrons. The van der Waals surface area contributed by atoms with Crippen molar-refractivity contribution in [3.63, 3.8) is 0 Å². The summed E-state index contributed by atoms with van der Waals surface area (Å²) in [5.41, 5.74) is 5.31. The average Bonchev–Trinajstić information content (AvgIpc) is 2.80. The van der Waals surface area contributed by atoms with Crippen molar-refractivity contribution in [1.82, 2.24) is 9.73 Å². The number of hydrogen-bond acceptors (Lipinski definition) is 4. The number of nitrogens with zero attached hydrogens (tertiary/aromatic N) is 2. The van der Waals surface area contributed by atoms with E-state index >= 15 is 0 Å². The Morgan fingerprint density at radius 3 is 2.06 bits per heavy atom. The lowest BCUT2D eigenvalue weighted by Crippen LogP contribution is -2.39. The summed E-state index contributed by atoms with van der Waals surface area (Å²) in [6.07, 6.45) is 1.54. The molecule has 0 fully saturated rings. The zero-order valence-electron chi connectivity index (χ0n) is 19.1. The molecule has 6 nitrogen and oxygen atoms in total. The second-order valence-electron chi connectivity index (χ2n) is 8.74. The van der Waals surface area contributed by atoms with E-state index in [2.05, 4.69) is 31.3 Å². The van der Waals surface area contributed by atoms with Gasteiger partial charge in [-0.1, -0.05) is 93.6 Å². The first-order valence-corrected chi connectivity index (χ1v) is 12.1. The number of carbonyl (C=O) groups is 1. The molecule has 3 aromatic rings. The van der Waals surface area contributed by atoms with Crippen LogP contribution in [0.2, 0.25) is 0 Å². The third-order valence-corrected chi connectivity index (χ3v) is 6.89. The van der Waals surface area contributed by atoms with E-state index in [0.717, 1.165) is 15.4 Å². The molecular formula is C26H29N3O3S. The van der Waals surface area contributed by atoms with Gasteiger partial charge in [-0.3, -0.25) is 4.79 Å². The van der Waals surface area contributed by atoms with Crippen LogP contribution in [0, 0.1) is 0 Å². The molecule has 3 rings (SSSR count). The van der Waals surface area contributed by atoms with E-state index < -0.39 is 15.9 Å². The molecule has 0 aromatic heterocycles. The SMILES string of the molecule is CC(C)(C)c1ccc(/C=N/NC(=O)CN(Cc2ccccc2)S(=O)(=O)c2ccccc2)cc1. The van der Waals surface area contributed by atoms with Crippen molar-refractivity contribution < 1.29 is 13.2 Å². The maximum Gasteiger partial charge on any atom is 0.255 e. The van der Waals surface area contributed by atoms with Crippen LogP contribution in [0.4, 0.5) is 0 Å². The van der Waals surface area contributed by atoms with Crippen LogP contribution in [0.25, 0.3) is 0 Å². The third kappa shape index (κ3) is 6.84. The minimum Gasteiger partial charge on any atom is -0.272 e. The van der Waals surface area contributed by atoms with Crippen LogP contribution in [-0.4, -0.2) is 31.4 Å². The van der Waals surface area contributed by atoms with Gasteiger partial charge in [-0.15, -0.1) is 0 Å². The second-order valence-corrected chi connectivity index (χ2v) is 10.7. The number of amides is 1. The summed E-state index contributed by atoms with van der Waals surface area (Å²) in [7, 11) is -3.87. The third-order valence-electron chi connectivity index (χ3n) is 5.08. The van der Waals surface area contributed by atoms with Gasteiger partial charge in [0.15, 0.2) is 0 Å². The summed E-state index contributed by atoms with van der Waals surface area (Å²) in [6, 6.07) is 25.2. The lowest BCUT2D eigenvalue weighted by atomic mass is 9.87. The topological polar surface area (TPSA) is 78.8 Å². The van der Waals surface area contributed by atoms with Crippen molar-refractivity contribution >= 4 is 22.1 Å². The Kier molecular flexibility index (Phi) is 7.79. The average molecular weight is 464 g/mol. The Labute approximate surface area is 196 Å². The van der Waals surface area contributed by atoms with Gasteiger partial charge in [-0.25, -0.2) is 13.8 Å². The summed E-state index contributed by atoms with van der Waals surface area (Å²) in [5, 5.41) is 4.00. The summed E-state index contributed by atoms with van der Waals surface area (Å²) >= 11 is 0. The smallest absolute Gasteiger partial charge is 0.255 e. The lowest BCUT2D eigenvalue weighted by Gasteiger charge is -2.21. The molecule has 0 unspecified atom stereocenters. The predicted octanol–water partition coefficient (Wildman–Crippen LogP) is 4.33. The molecule has 0 spiro atoms. The fourth-order valence-corrected chi connectivity index (χ4v) is 4.60. The normalized spacial score (nSPS) is 12.2. The molecule has 0 aliphatic rings. The van der Waals surface area contributed by atoms with Gasteiger partial charge in [-0.05, 0) is 34.2 Å². The molecule has 0 bridgehead atoms. The van der Waals surface area contributed by atoms with Gasteiger partial charge < -0.3 is 0 Å². The summed E-state index contributed by atoms with van der Waals surface area (Å²) in [5.74, 6) is -0.520. The molecule has 0 heterocycles. The van der Waals surface area contributed by atoms with Crippen molar-refractivity contribution in [3.8, 4) is 0 Å². The predicted molar refractivity (Wildman–Crippen MR) is 131 cm³/mol. The monoisotopic (exact) mass is 463 g/mol. The molecule has 7 heteroatoms. The van der Waals surface area contributed by atoms with Gasteiger partial charge in [-0.2, -0.15) is 9.41 Å². The van der Waals surface area contributed by atoms with E-state index in [1.54, 1.807) is 18.2 Å². The largest absolute Gasteiger partial charge is 0.272 e. The van der Waals surface area contributed by atoms with E-state index in [-0.39, 0.29) is 23.4 Å². The van der Waals surface area contributed by atoms with E-state index in [9.17, 15) is 13.2 Å². The number of nitrogens with one attached hydrogen (secondary N) is 1. The molecule has 0 aliphatic carbocycles. The van der Waals surface area contributed by atoms with E-state index in [0.29, 0.717) is 0 Å². The highest BCUT2D eigenvalue weighted by Gasteiger charge is 2.26. The first kappa shape index (κ1) is 24.4. The van der Waals surface area contributed by atoms with E-state index in [4.69, 9.17) is 0 Å². The van der Waals surface area contributed by atoms with Crippen molar-refractivity contribution in [2.24, 2.45) is 5.10 Å². The van der Waals surface area contributed by atoms with Crippen LogP contribution in [0.3, 0.4) is 0 Å². The van der Waals surface area contributed by atoms with Gasteiger partial charge in [0.1, 0.15) is 0 Å². The van der Waals surface area contributed by atoms with Gasteiger partial charge in [0.05, 0.1) is 17.7 Å². The van der Waals surface area contributed by atoms with Crippen LogP contribution < -0.4 is 5.43 Å². The Balaban J connectivity index is 1.71. The Morgan fingerprint density at radius 2 is 1.48 bits per heavy atom. The van der Waals surface area contributed by atoms with Crippen molar-refractivity contribution in [1.29, 1.82) is 0 Å². The van der Waals surface area contributed by atoms with Gasteiger partial charge in [0.25, 0.3) is 5.91 Å². The molecule has 1 amide bonds. The number of carbonyl (C=O) groups excluding carboxylic acids is 1. The maximum absolute atomic E-state index is 13.2. The fraction of sp³-hybridized carbons (Fsp3) is 0.231. The van der Waals surface area contributed by atoms with Crippen LogP contribution in [0.15, 0.2) is 94.9 Å². The molecule has 0 atom stereocenters. The van der Waals surface area contributed by atoms with Crippen LogP contribution in [0.5, 0.6) is 0 Å². The van der Waals surface area contributed by atoms with Crippen molar-refractivity contribution in [2.75, 3.05) is 6.54 Å². The highest BCUT2D eigenvalue weighted by molar-refractivity contribution is 7.89. The molecule has 3 aromatic carbocycles. The molecule has 33 heavy (non-hydrogen) atoms. The molecule has 0 aliphatic heterocycles. The molecular weight excluding hydrogens is 434 g/mol. The van der Waals surface area contributed by atoms with Crippen molar-refractivity contribution in [3.05, 3.63) is 102 Å². The maximum atomic E-state index is 13.2. The number of sulfonamides is 1. The zero-order valence-corrected chi connectivity index (χ0v) is 19.9. The fourth-order valence-electron chi connectivity index (χ4n) is 3.20. The number of hydrazone groups is 1. The summed E-state index contributed by atoms with van der Waals surface area (Å²) < 4.78 is 27.5. The summed E-state index contributed by atoms with van der Waals surface area (Å²) in [4.78, 5) is 12.7. The minimum absolute atomic E-state index is 0.0519. The number of benzene rings is 3. The molecule has 0 radical (unpaired) electrons. The van der Waals surface area contributed by atoms with E-state index in [1.807, 2.05) is 54.6 Å². The number of rotatable bonds is 8. The minimum atomic E-state index is -3.87. The van der Waals surface area contributed by atoms with Crippen molar-refractivity contribution in [2.45, 2.75) is 37.6 Å². The Bertz CT molecular complexity index is 1190. The van der Waals surface area contributed by atoms with Crippen LogP contribution in [-0.2, 0) is 26.8 Å². The van der Waals surface area contributed by atoms with Crippen LogP contribution >= 0.6 is 0 Å². The first-order chi connectivity index (χ1) is 15.7. The lowest BCUT2D eigenvalue weighted by molar-refractivity contribution is -0.121. The molecule has 0 saturated carbocycles. The second kappa shape index (κ2) is 10.6. The van der Waals surface area contributed by atoms with Crippen LogP contribution in [0.1, 0.15) is 37.5 Å². The van der Waals surface area contributed by atoms with Gasteiger partial charge >= 0.3 is 0 Å². The molecule has 0 saturated heterocycles. The van der Waals surface area contributed by atoms with E-state index in [1.165, 1.54) is 23.9 Å². The molecule has 1 N–H and O–H groups in total. The van der Waals surface area contributed by atoms with Gasteiger partial charge in [0, 0.05) is 6.54 Å². The van der Waals surface area contributed by atoms with Gasteiger partial charge in [0.2, 0.25) is 10.0 Å².